The van der Waals surface area contributed by atoms with Crippen LogP contribution in [-0.2, 0) is 0 Å². The maximum Gasteiger partial charge on any atom is 0.401 e. The van der Waals surface area contributed by atoms with E-state index in [0.29, 0.717) is 19.1 Å². The fraction of sp³-hybridized carbons (Fsp3) is 1.00. The average Bonchev–Trinajstić information content (AvgIpc) is 2.39. The van der Waals surface area contributed by atoms with Gasteiger partial charge in [-0.2, -0.15) is 13.2 Å². The Balaban J connectivity index is 2.05. The molecule has 1 fully saturated rings. The summed E-state index contributed by atoms with van der Waals surface area (Å²) in [5.74, 6) is 0. The topological polar surface area (TPSA) is 18.5 Å². The highest BCUT2D eigenvalue weighted by atomic mass is 19.4. The fourth-order valence-electron chi connectivity index (χ4n) is 2.70. The summed E-state index contributed by atoms with van der Waals surface area (Å²) >= 11 is 0. The number of nitrogens with zero attached hydrogens (tertiary/aromatic N) is 2. The van der Waals surface area contributed by atoms with Gasteiger partial charge in [0.2, 0.25) is 0 Å². The van der Waals surface area contributed by atoms with E-state index < -0.39 is 12.7 Å². The molecule has 0 saturated carbocycles. The molecule has 1 rings (SSSR count). The molecule has 1 aliphatic rings. The van der Waals surface area contributed by atoms with Gasteiger partial charge in [0.1, 0.15) is 0 Å². The second kappa shape index (κ2) is 9.64. The van der Waals surface area contributed by atoms with Gasteiger partial charge in [-0.1, -0.05) is 26.2 Å². The first kappa shape index (κ1) is 18.7. The molecular weight excluding hydrogens is 279 g/mol. The first-order valence-electron chi connectivity index (χ1n) is 8.15. The highest BCUT2D eigenvalue weighted by Gasteiger charge is 2.31. The number of unbranched alkanes of at least 4 members (excludes halogenated alkanes) is 2. The second-order valence-corrected chi connectivity index (χ2v) is 6.08. The van der Waals surface area contributed by atoms with Crippen LogP contribution >= 0.6 is 0 Å². The fourth-order valence-corrected chi connectivity index (χ4v) is 2.70. The van der Waals surface area contributed by atoms with Gasteiger partial charge in [-0.05, 0) is 13.3 Å². The van der Waals surface area contributed by atoms with Crippen molar-refractivity contribution in [3.8, 4) is 0 Å². The molecule has 0 amide bonds. The van der Waals surface area contributed by atoms with Gasteiger partial charge in [0.05, 0.1) is 6.54 Å². The van der Waals surface area contributed by atoms with Crippen LogP contribution in [0.3, 0.4) is 0 Å². The van der Waals surface area contributed by atoms with Gasteiger partial charge < -0.3 is 5.32 Å². The number of nitrogens with one attached hydrogen (secondary N) is 1. The lowest BCUT2D eigenvalue weighted by atomic mass is 10.1. The predicted octanol–water partition coefficient (Wildman–Crippen LogP) is 2.72. The summed E-state index contributed by atoms with van der Waals surface area (Å²) in [7, 11) is 0. The molecule has 1 aliphatic heterocycles. The van der Waals surface area contributed by atoms with Crippen molar-refractivity contribution in [1.29, 1.82) is 0 Å². The summed E-state index contributed by atoms with van der Waals surface area (Å²) in [5.41, 5.74) is 0. The van der Waals surface area contributed by atoms with Gasteiger partial charge in [0.15, 0.2) is 0 Å². The van der Waals surface area contributed by atoms with E-state index in [4.69, 9.17) is 0 Å². The molecule has 0 aromatic rings. The van der Waals surface area contributed by atoms with Crippen LogP contribution in [0.5, 0.6) is 0 Å². The summed E-state index contributed by atoms with van der Waals surface area (Å²) in [6.45, 7) is 8.01. The summed E-state index contributed by atoms with van der Waals surface area (Å²) in [6, 6.07) is 0.531. The standard InChI is InChI=1S/C15H30F3N3/c1-3-4-5-6-14(2)19-7-8-20-9-11-21(12-10-20)13-15(16,17)18/h14,19H,3-13H2,1-2H3. The third-order valence-electron chi connectivity index (χ3n) is 4.03. The van der Waals surface area contributed by atoms with Gasteiger partial charge in [-0.25, -0.2) is 0 Å². The third kappa shape index (κ3) is 9.32. The normalized spacial score (nSPS) is 19.9. The van der Waals surface area contributed by atoms with Crippen LogP contribution in [-0.4, -0.2) is 67.8 Å². The molecule has 1 atom stereocenters. The van der Waals surface area contributed by atoms with E-state index in [-0.39, 0.29) is 0 Å². The van der Waals surface area contributed by atoms with Gasteiger partial charge in [-0.15, -0.1) is 0 Å². The quantitative estimate of drug-likeness (QED) is 0.661. The first-order chi connectivity index (χ1) is 9.90. The second-order valence-electron chi connectivity index (χ2n) is 6.08. The molecule has 21 heavy (non-hydrogen) atoms. The van der Waals surface area contributed by atoms with E-state index in [2.05, 4.69) is 24.1 Å². The highest BCUT2D eigenvalue weighted by Crippen LogP contribution is 2.17. The van der Waals surface area contributed by atoms with Crippen LogP contribution in [0, 0.1) is 0 Å². The lowest BCUT2D eigenvalue weighted by Crippen LogP contribution is -2.50. The Morgan fingerprint density at radius 3 is 2.24 bits per heavy atom. The molecule has 126 valence electrons. The predicted molar refractivity (Wildman–Crippen MR) is 80.5 cm³/mol. The van der Waals surface area contributed by atoms with E-state index in [1.165, 1.54) is 30.6 Å². The minimum absolute atomic E-state index is 0.519. The number of alkyl halides is 3. The number of hydrogen-bond acceptors (Lipinski definition) is 3. The molecule has 0 radical (unpaired) electrons. The molecule has 0 spiro atoms. The van der Waals surface area contributed by atoms with Gasteiger partial charge in [0, 0.05) is 45.3 Å². The Morgan fingerprint density at radius 1 is 1.05 bits per heavy atom. The Kier molecular flexibility index (Phi) is 8.59. The maximum absolute atomic E-state index is 12.3. The van der Waals surface area contributed by atoms with Crippen molar-refractivity contribution in [3.63, 3.8) is 0 Å². The maximum atomic E-state index is 12.3. The first-order valence-corrected chi connectivity index (χ1v) is 8.15. The van der Waals surface area contributed by atoms with E-state index >= 15 is 0 Å². The smallest absolute Gasteiger partial charge is 0.313 e. The van der Waals surface area contributed by atoms with Crippen molar-refractivity contribution in [3.05, 3.63) is 0 Å². The molecule has 0 bridgehead atoms. The molecular formula is C15H30F3N3. The van der Waals surface area contributed by atoms with Crippen LogP contribution in [0.25, 0.3) is 0 Å². The van der Waals surface area contributed by atoms with Gasteiger partial charge in [-0.3, -0.25) is 9.80 Å². The van der Waals surface area contributed by atoms with Crippen LogP contribution in [0.15, 0.2) is 0 Å². The Labute approximate surface area is 126 Å². The van der Waals surface area contributed by atoms with Crippen LogP contribution < -0.4 is 5.32 Å². The molecule has 1 heterocycles. The number of halogens is 3. The number of hydrogen-bond donors (Lipinski definition) is 1. The number of rotatable bonds is 9. The Hall–Kier alpha value is -0.330. The summed E-state index contributed by atoms with van der Waals surface area (Å²) in [5, 5.41) is 3.50. The van der Waals surface area contributed by atoms with Crippen molar-refractivity contribution >= 4 is 0 Å². The zero-order valence-corrected chi connectivity index (χ0v) is 13.4. The van der Waals surface area contributed by atoms with E-state index in [9.17, 15) is 13.2 Å². The van der Waals surface area contributed by atoms with E-state index in [1.54, 1.807) is 0 Å². The summed E-state index contributed by atoms with van der Waals surface area (Å²) < 4.78 is 36.9. The van der Waals surface area contributed by atoms with Crippen molar-refractivity contribution in [2.45, 2.75) is 51.7 Å². The largest absolute Gasteiger partial charge is 0.401 e. The summed E-state index contributed by atoms with van der Waals surface area (Å²) in [4.78, 5) is 3.75. The molecule has 0 aromatic carbocycles. The van der Waals surface area contributed by atoms with Crippen molar-refractivity contribution < 1.29 is 13.2 Å². The third-order valence-corrected chi connectivity index (χ3v) is 4.03. The molecule has 0 aromatic heterocycles. The molecule has 3 nitrogen and oxygen atoms in total. The van der Waals surface area contributed by atoms with Crippen LogP contribution in [0.4, 0.5) is 13.2 Å². The Bertz CT molecular complexity index is 263. The van der Waals surface area contributed by atoms with E-state index in [1.807, 2.05) is 0 Å². The minimum Gasteiger partial charge on any atom is -0.313 e. The molecule has 1 saturated heterocycles. The number of piperazine rings is 1. The van der Waals surface area contributed by atoms with Gasteiger partial charge in [0.25, 0.3) is 0 Å². The zero-order valence-electron chi connectivity index (χ0n) is 13.4. The van der Waals surface area contributed by atoms with Crippen LogP contribution in [0.2, 0.25) is 0 Å². The summed E-state index contributed by atoms with van der Waals surface area (Å²) in [6.07, 6.45) is 0.924. The highest BCUT2D eigenvalue weighted by molar-refractivity contribution is 4.74. The lowest BCUT2D eigenvalue weighted by Gasteiger charge is -2.35. The monoisotopic (exact) mass is 309 g/mol. The molecule has 6 heteroatoms. The van der Waals surface area contributed by atoms with Crippen molar-refractivity contribution in [2.75, 3.05) is 45.8 Å². The minimum atomic E-state index is -4.07. The van der Waals surface area contributed by atoms with Crippen molar-refractivity contribution in [1.82, 2.24) is 15.1 Å². The van der Waals surface area contributed by atoms with Crippen molar-refractivity contribution in [2.24, 2.45) is 0 Å². The molecule has 1 unspecified atom stereocenters. The zero-order chi connectivity index (χ0) is 15.7. The average molecular weight is 309 g/mol. The van der Waals surface area contributed by atoms with Crippen LogP contribution in [0.1, 0.15) is 39.5 Å². The SMILES string of the molecule is CCCCCC(C)NCCN1CCN(CC(F)(F)F)CC1. The van der Waals surface area contributed by atoms with E-state index in [0.717, 1.165) is 26.2 Å². The molecule has 0 aliphatic carbocycles. The lowest BCUT2D eigenvalue weighted by molar-refractivity contribution is -0.149. The Morgan fingerprint density at radius 2 is 1.67 bits per heavy atom. The van der Waals surface area contributed by atoms with Gasteiger partial charge >= 0.3 is 6.18 Å². The molecule has 1 N–H and O–H groups in total.